The highest BCUT2D eigenvalue weighted by molar-refractivity contribution is 5.70. The van der Waals surface area contributed by atoms with Crippen molar-refractivity contribution in [2.75, 3.05) is 13.9 Å². The van der Waals surface area contributed by atoms with Gasteiger partial charge in [-0.25, -0.2) is 9.78 Å². The van der Waals surface area contributed by atoms with Gasteiger partial charge in [0.15, 0.2) is 23.7 Å². The Bertz CT molecular complexity index is 1140. The summed E-state index contributed by atoms with van der Waals surface area (Å²) in [5.74, 6) is 0.0568. The summed E-state index contributed by atoms with van der Waals surface area (Å²) in [5.41, 5.74) is -0.299. The summed E-state index contributed by atoms with van der Waals surface area (Å²) in [6.07, 6.45) is 1.44. The highest BCUT2D eigenvalue weighted by Crippen LogP contribution is 2.28. The molecular weight excluding hydrogens is 358 g/mol. The average molecular weight is 375 g/mol. The molecule has 0 amide bonds. The minimum absolute atomic E-state index is 0.00582. The van der Waals surface area contributed by atoms with Crippen LogP contribution in [0.5, 0.6) is 5.75 Å². The molecular formula is C16H17N5O6. The van der Waals surface area contributed by atoms with E-state index in [-0.39, 0.29) is 35.9 Å². The molecule has 0 saturated heterocycles. The van der Waals surface area contributed by atoms with Crippen LogP contribution >= 0.6 is 0 Å². The van der Waals surface area contributed by atoms with Crippen molar-refractivity contribution in [2.24, 2.45) is 14.1 Å². The summed E-state index contributed by atoms with van der Waals surface area (Å²) in [4.78, 5) is 39.7. The van der Waals surface area contributed by atoms with Gasteiger partial charge in [-0.15, -0.1) is 0 Å². The molecule has 0 aliphatic carbocycles. The second-order valence-corrected chi connectivity index (χ2v) is 5.87. The maximum atomic E-state index is 12.5. The molecule has 0 fully saturated rings. The second-order valence-electron chi connectivity index (χ2n) is 5.87. The van der Waals surface area contributed by atoms with Crippen molar-refractivity contribution < 1.29 is 14.4 Å². The van der Waals surface area contributed by atoms with Crippen molar-refractivity contribution in [3.63, 3.8) is 0 Å². The number of nitro benzene ring substituents is 1. The number of hydrogen-bond acceptors (Lipinski definition) is 7. The van der Waals surface area contributed by atoms with Gasteiger partial charge in [0, 0.05) is 27.3 Å². The number of rotatable bonds is 6. The fourth-order valence-corrected chi connectivity index (χ4v) is 2.75. The van der Waals surface area contributed by atoms with Gasteiger partial charge in [0.1, 0.15) is 0 Å². The zero-order valence-electron chi connectivity index (χ0n) is 14.9. The van der Waals surface area contributed by atoms with Gasteiger partial charge in [-0.2, -0.15) is 0 Å². The summed E-state index contributed by atoms with van der Waals surface area (Å²) >= 11 is 0. The van der Waals surface area contributed by atoms with E-state index in [9.17, 15) is 19.7 Å². The van der Waals surface area contributed by atoms with Crippen LogP contribution in [0.4, 0.5) is 5.69 Å². The highest BCUT2D eigenvalue weighted by atomic mass is 16.7. The van der Waals surface area contributed by atoms with Gasteiger partial charge < -0.3 is 14.0 Å². The maximum Gasteiger partial charge on any atom is 0.332 e. The van der Waals surface area contributed by atoms with Crippen LogP contribution in [0.3, 0.4) is 0 Å². The molecule has 0 saturated carbocycles. The van der Waals surface area contributed by atoms with E-state index in [2.05, 4.69) is 4.98 Å². The molecule has 3 aromatic rings. The van der Waals surface area contributed by atoms with E-state index in [0.29, 0.717) is 5.56 Å². The van der Waals surface area contributed by atoms with Crippen LogP contribution in [-0.2, 0) is 25.4 Å². The van der Waals surface area contributed by atoms with E-state index in [0.717, 1.165) is 4.57 Å². The third-order valence-electron chi connectivity index (χ3n) is 4.09. The molecule has 0 bridgehead atoms. The Kier molecular flexibility index (Phi) is 4.77. The zero-order valence-corrected chi connectivity index (χ0v) is 14.9. The van der Waals surface area contributed by atoms with Crippen molar-refractivity contribution in [1.82, 2.24) is 18.7 Å². The van der Waals surface area contributed by atoms with E-state index in [4.69, 9.17) is 9.47 Å². The molecule has 2 heterocycles. The molecule has 2 aromatic heterocycles. The summed E-state index contributed by atoms with van der Waals surface area (Å²) in [6, 6.07) is 4.36. The predicted octanol–water partition coefficient (Wildman–Crippen LogP) is 0.373. The van der Waals surface area contributed by atoms with Gasteiger partial charge in [0.2, 0.25) is 0 Å². The predicted molar refractivity (Wildman–Crippen MR) is 94.9 cm³/mol. The molecule has 1 aromatic carbocycles. The van der Waals surface area contributed by atoms with E-state index in [1.807, 2.05) is 0 Å². The second kappa shape index (κ2) is 7.03. The molecule has 27 heavy (non-hydrogen) atoms. The zero-order chi connectivity index (χ0) is 19.7. The number of benzene rings is 1. The van der Waals surface area contributed by atoms with E-state index >= 15 is 0 Å². The molecule has 142 valence electrons. The molecule has 0 N–H and O–H groups in total. The Morgan fingerprint density at radius 2 is 2.00 bits per heavy atom. The Balaban J connectivity index is 2.11. The Morgan fingerprint density at radius 3 is 2.67 bits per heavy atom. The van der Waals surface area contributed by atoms with Crippen LogP contribution in [0.2, 0.25) is 0 Å². The first-order chi connectivity index (χ1) is 12.8. The standard InChI is InChI=1S/C16H17N5O6/c1-18-8-17-14-13(18)15(22)19(2)16(23)20(14)7-10-4-5-12(27-9-26-3)11(6-10)21(24)25/h4-6,8H,7,9H2,1-3H3. The van der Waals surface area contributed by atoms with Crippen LogP contribution < -0.4 is 16.0 Å². The lowest BCUT2D eigenvalue weighted by molar-refractivity contribution is -0.386. The van der Waals surface area contributed by atoms with Crippen LogP contribution in [0.15, 0.2) is 34.1 Å². The number of ether oxygens (including phenoxy) is 2. The molecule has 0 aliphatic heterocycles. The van der Waals surface area contributed by atoms with E-state index in [1.54, 1.807) is 13.1 Å². The number of nitrogens with zero attached hydrogens (tertiary/aromatic N) is 5. The first kappa shape index (κ1) is 18.3. The van der Waals surface area contributed by atoms with Crippen LogP contribution in [-0.4, -0.2) is 37.5 Å². The summed E-state index contributed by atoms with van der Waals surface area (Å²) in [5, 5.41) is 11.3. The van der Waals surface area contributed by atoms with Gasteiger partial charge in [-0.05, 0) is 11.6 Å². The van der Waals surface area contributed by atoms with Crippen LogP contribution in [0, 0.1) is 10.1 Å². The largest absolute Gasteiger partial charge is 0.460 e. The fraction of sp³-hybridized carbons (Fsp3) is 0.312. The third-order valence-corrected chi connectivity index (χ3v) is 4.09. The number of imidazole rings is 1. The minimum Gasteiger partial charge on any atom is -0.460 e. The first-order valence-electron chi connectivity index (χ1n) is 7.85. The van der Waals surface area contributed by atoms with Gasteiger partial charge in [0.05, 0.1) is 17.8 Å². The van der Waals surface area contributed by atoms with Crippen molar-refractivity contribution in [3.05, 3.63) is 61.0 Å². The molecule has 0 spiro atoms. The first-order valence-corrected chi connectivity index (χ1v) is 7.85. The molecule has 0 radical (unpaired) electrons. The Morgan fingerprint density at radius 1 is 1.26 bits per heavy atom. The lowest BCUT2D eigenvalue weighted by Crippen LogP contribution is -2.38. The van der Waals surface area contributed by atoms with Gasteiger partial charge in [-0.3, -0.25) is 24.0 Å². The monoisotopic (exact) mass is 375 g/mol. The van der Waals surface area contributed by atoms with Gasteiger partial charge >= 0.3 is 11.4 Å². The molecule has 11 heteroatoms. The van der Waals surface area contributed by atoms with Crippen LogP contribution in [0.1, 0.15) is 5.56 Å². The molecule has 3 rings (SSSR count). The number of aromatic nitrogens is 4. The highest BCUT2D eigenvalue weighted by Gasteiger charge is 2.19. The Hall–Kier alpha value is -3.47. The number of hydrogen-bond donors (Lipinski definition) is 0. The van der Waals surface area contributed by atoms with Crippen LogP contribution in [0.25, 0.3) is 11.2 Å². The van der Waals surface area contributed by atoms with Crippen molar-refractivity contribution in [1.29, 1.82) is 0 Å². The minimum atomic E-state index is -0.575. The molecule has 0 atom stereocenters. The topological polar surface area (TPSA) is 123 Å². The Labute approximate surface area is 152 Å². The van der Waals surface area contributed by atoms with Crippen molar-refractivity contribution in [3.8, 4) is 5.75 Å². The van der Waals surface area contributed by atoms with Crippen molar-refractivity contribution >= 4 is 16.9 Å². The lowest BCUT2D eigenvalue weighted by atomic mass is 10.2. The number of methoxy groups -OCH3 is 1. The molecule has 0 unspecified atom stereocenters. The smallest absolute Gasteiger partial charge is 0.332 e. The summed E-state index contributed by atoms with van der Waals surface area (Å²) in [6.45, 7) is -0.124. The normalized spacial score (nSPS) is 11.1. The number of fused-ring (bicyclic) bond motifs is 1. The summed E-state index contributed by atoms with van der Waals surface area (Å²) < 4.78 is 13.8. The summed E-state index contributed by atoms with van der Waals surface area (Å²) in [7, 11) is 4.43. The van der Waals surface area contributed by atoms with Crippen molar-refractivity contribution in [2.45, 2.75) is 6.54 Å². The fourth-order valence-electron chi connectivity index (χ4n) is 2.75. The SMILES string of the molecule is COCOc1ccc(Cn2c(=O)n(C)c(=O)c3c2ncn3C)cc1[N+](=O)[O-]. The van der Waals surface area contributed by atoms with E-state index in [1.165, 1.54) is 41.8 Å². The number of aryl methyl sites for hydroxylation is 1. The third kappa shape index (κ3) is 3.19. The molecule has 11 nitrogen and oxygen atoms in total. The van der Waals surface area contributed by atoms with Gasteiger partial charge in [-0.1, -0.05) is 6.07 Å². The number of nitro groups is 1. The lowest BCUT2D eigenvalue weighted by Gasteiger charge is -2.11. The molecule has 0 aliphatic rings. The van der Waals surface area contributed by atoms with E-state index < -0.39 is 16.2 Å². The van der Waals surface area contributed by atoms with Gasteiger partial charge in [0.25, 0.3) is 5.56 Å². The average Bonchev–Trinajstić information content (AvgIpc) is 3.03. The quantitative estimate of drug-likeness (QED) is 0.346. The maximum absolute atomic E-state index is 12.5.